The van der Waals surface area contributed by atoms with Gasteiger partial charge in [-0.3, -0.25) is 24.1 Å². The lowest BCUT2D eigenvalue weighted by molar-refractivity contribution is -0.137. The molecule has 2 aliphatic rings. The van der Waals surface area contributed by atoms with E-state index >= 15 is 0 Å². The van der Waals surface area contributed by atoms with Crippen LogP contribution in [-0.4, -0.2) is 96.7 Å². The SMILES string of the molecule is Cc1ccc(C(=O)N2CCN(C(=O)CN3CC[C@@H](NC(=O)CNC(=O)c4cccc(C(F)(F)F)c4)C3)CC2)cc1. The summed E-state index contributed by atoms with van der Waals surface area (Å²) in [6, 6.07) is 11.2. The number of nitrogens with zero attached hydrogens (tertiary/aromatic N) is 3. The number of carbonyl (C=O) groups excluding carboxylic acids is 4. The topological polar surface area (TPSA) is 102 Å². The lowest BCUT2D eigenvalue weighted by Gasteiger charge is -2.35. The van der Waals surface area contributed by atoms with Crippen LogP contribution in [-0.2, 0) is 15.8 Å². The number of alkyl halides is 3. The van der Waals surface area contributed by atoms with E-state index in [0.29, 0.717) is 51.3 Å². The van der Waals surface area contributed by atoms with Crippen molar-refractivity contribution in [3.05, 3.63) is 70.8 Å². The first kappa shape index (κ1) is 29.1. The highest BCUT2D eigenvalue weighted by molar-refractivity contribution is 5.96. The van der Waals surface area contributed by atoms with Crippen molar-refractivity contribution < 1.29 is 32.3 Å². The third-order valence-corrected chi connectivity index (χ3v) is 7.08. The zero-order valence-corrected chi connectivity index (χ0v) is 22.2. The fourth-order valence-electron chi connectivity index (χ4n) is 4.80. The van der Waals surface area contributed by atoms with Gasteiger partial charge in [-0.05, 0) is 43.7 Å². The number of piperazine rings is 1. The highest BCUT2D eigenvalue weighted by atomic mass is 19.4. The Morgan fingerprint density at radius 3 is 2.25 bits per heavy atom. The average molecular weight is 560 g/mol. The molecule has 2 N–H and O–H groups in total. The molecule has 4 amide bonds. The Bertz CT molecular complexity index is 1240. The zero-order chi connectivity index (χ0) is 28.9. The summed E-state index contributed by atoms with van der Waals surface area (Å²) < 4.78 is 38.6. The molecule has 4 rings (SSSR count). The highest BCUT2D eigenvalue weighted by Gasteiger charge is 2.31. The van der Waals surface area contributed by atoms with Gasteiger partial charge in [0.1, 0.15) is 0 Å². The van der Waals surface area contributed by atoms with E-state index in [4.69, 9.17) is 0 Å². The van der Waals surface area contributed by atoms with Gasteiger partial charge in [-0.15, -0.1) is 0 Å². The average Bonchev–Trinajstić information content (AvgIpc) is 3.37. The standard InChI is InChI=1S/C28H32F3N5O4/c1-19-5-7-20(8-6-19)27(40)36-13-11-35(12-14-36)25(38)18-34-10-9-23(17-34)33-24(37)16-32-26(39)21-3-2-4-22(15-21)28(29,30)31/h2-8,15,23H,9-14,16-18H2,1H3,(H,32,39)(H,33,37)/t23-/m1/s1. The second-order valence-electron chi connectivity index (χ2n) is 10.1. The lowest BCUT2D eigenvalue weighted by atomic mass is 10.1. The van der Waals surface area contributed by atoms with Gasteiger partial charge in [0.2, 0.25) is 11.8 Å². The number of nitrogens with one attached hydrogen (secondary N) is 2. The summed E-state index contributed by atoms with van der Waals surface area (Å²) in [5, 5.41) is 5.14. The highest BCUT2D eigenvalue weighted by Crippen LogP contribution is 2.29. The molecule has 2 saturated heterocycles. The third-order valence-electron chi connectivity index (χ3n) is 7.08. The van der Waals surface area contributed by atoms with Crippen molar-refractivity contribution in [2.75, 3.05) is 52.4 Å². The number of likely N-dealkylation sites (tertiary alicyclic amines) is 1. The Morgan fingerprint density at radius 2 is 1.57 bits per heavy atom. The van der Waals surface area contributed by atoms with Gasteiger partial charge in [0.05, 0.1) is 18.7 Å². The number of amides is 4. The maximum absolute atomic E-state index is 12.9. The molecule has 0 spiro atoms. The minimum atomic E-state index is -4.57. The monoisotopic (exact) mass is 559 g/mol. The molecule has 0 unspecified atom stereocenters. The number of aryl methyl sites for hydroxylation is 1. The Balaban J connectivity index is 1.16. The van der Waals surface area contributed by atoms with Crippen LogP contribution in [0.15, 0.2) is 48.5 Å². The van der Waals surface area contributed by atoms with E-state index in [0.717, 1.165) is 23.8 Å². The van der Waals surface area contributed by atoms with Crippen LogP contribution in [0.2, 0.25) is 0 Å². The maximum Gasteiger partial charge on any atom is 0.416 e. The first-order valence-corrected chi connectivity index (χ1v) is 13.1. The van der Waals surface area contributed by atoms with E-state index in [-0.39, 0.29) is 36.5 Å². The molecule has 2 aliphatic heterocycles. The fourth-order valence-corrected chi connectivity index (χ4v) is 4.80. The van der Waals surface area contributed by atoms with E-state index in [1.165, 1.54) is 6.07 Å². The van der Waals surface area contributed by atoms with Crippen LogP contribution in [0.3, 0.4) is 0 Å². The van der Waals surface area contributed by atoms with Gasteiger partial charge in [-0.1, -0.05) is 23.8 Å². The van der Waals surface area contributed by atoms with E-state index < -0.39 is 23.6 Å². The van der Waals surface area contributed by atoms with Crippen molar-refractivity contribution in [3.63, 3.8) is 0 Å². The van der Waals surface area contributed by atoms with Crippen LogP contribution < -0.4 is 10.6 Å². The molecule has 0 saturated carbocycles. The predicted octanol–water partition coefficient (Wildman–Crippen LogP) is 1.92. The van der Waals surface area contributed by atoms with Crippen molar-refractivity contribution in [2.45, 2.75) is 25.6 Å². The number of halogens is 3. The normalized spacial score (nSPS) is 17.9. The van der Waals surface area contributed by atoms with Gasteiger partial charge in [0.25, 0.3) is 11.8 Å². The number of hydrogen-bond donors (Lipinski definition) is 2. The van der Waals surface area contributed by atoms with E-state index in [1.54, 1.807) is 9.80 Å². The smallest absolute Gasteiger partial charge is 0.350 e. The fraction of sp³-hybridized carbons (Fsp3) is 0.429. The predicted molar refractivity (Wildman–Crippen MR) is 140 cm³/mol. The van der Waals surface area contributed by atoms with Gasteiger partial charge in [0.15, 0.2) is 0 Å². The van der Waals surface area contributed by atoms with E-state index in [1.807, 2.05) is 36.1 Å². The van der Waals surface area contributed by atoms with Crippen molar-refractivity contribution >= 4 is 23.6 Å². The molecule has 9 nitrogen and oxygen atoms in total. The molecule has 2 aromatic carbocycles. The molecule has 0 bridgehead atoms. The number of hydrogen-bond acceptors (Lipinski definition) is 5. The Hall–Kier alpha value is -3.93. The van der Waals surface area contributed by atoms with Crippen LogP contribution in [0.4, 0.5) is 13.2 Å². The van der Waals surface area contributed by atoms with Gasteiger partial charge >= 0.3 is 6.18 Å². The van der Waals surface area contributed by atoms with Crippen LogP contribution in [0.1, 0.15) is 38.3 Å². The molecule has 40 heavy (non-hydrogen) atoms. The van der Waals surface area contributed by atoms with Crippen LogP contribution in [0, 0.1) is 6.92 Å². The summed E-state index contributed by atoms with van der Waals surface area (Å²) in [4.78, 5) is 55.5. The zero-order valence-electron chi connectivity index (χ0n) is 22.2. The molecule has 0 aromatic heterocycles. The van der Waals surface area contributed by atoms with Crippen molar-refractivity contribution in [2.24, 2.45) is 0 Å². The van der Waals surface area contributed by atoms with E-state index in [9.17, 15) is 32.3 Å². The second kappa shape index (κ2) is 12.5. The van der Waals surface area contributed by atoms with Gasteiger partial charge in [0, 0.05) is 56.4 Å². The quantitative estimate of drug-likeness (QED) is 0.540. The first-order chi connectivity index (χ1) is 19.0. The van der Waals surface area contributed by atoms with Gasteiger partial charge in [-0.2, -0.15) is 13.2 Å². The minimum Gasteiger partial charge on any atom is -0.350 e. The molecule has 1 atom stereocenters. The minimum absolute atomic E-state index is 0.0391. The van der Waals surface area contributed by atoms with Crippen LogP contribution in [0.25, 0.3) is 0 Å². The summed E-state index contributed by atoms with van der Waals surface area (Å²) >= 11 is 0. The third kappa shape index (κ3) is 7.59. The molecule has 12 heteroatoms. The Kier molecular flexibility index (Phi) is 9.08. The van der Waals surface area contributed by atoms with Crippen molar-refractivity contribution in [1.29, 1.82) is 0 Å². The Labute approximate surface area is 230 Å². The summed E-state index contributed by atoms with van der Waals surface area (Å²) in [5.41, 5.74) is 0.582. The van der Waals surface area contributed by atoms with Gasteiger partial charge < -0.3 is 20.4 Å². The van der Waals surface area contributed by atoms with Crippen LogP contribution >= 0.6 is 0 Å². The molecule has 2 heterocycles. The second-order valence-corrected chi connectivity index (χ2v) is 10.1. The van der Waals surface area contributed by atoms with E-state index in [2.05, 4.69) is 10.6 Å². The molecular weight excluding hydrogens is 527 g/mol. The molecule has 214 valence electrons. The summed E-state index contributed by atoms with van der Waals surface area (Å²) in [6.45, 7) is 4.69. The summed E-state index contributed by atoms with van der Waals surface area (Å²) in [5.74, 6) is -1.33. The number of benzene rings is 2. The molecule has 0 aliphatic carbocycles. The summed E-state index contributed by atoms with van der Waals surface area (Å²) in [7, 11) is 0. The van der Waals surface area contributed by atoms with Crippen molar-refractivity contribution in [1.82, 2.24) is 25.3 Å². The Morgan fingerprint density at radius 1 is 0.900 bits per heavy atom. The van der Waals surface area contributed by atoms with Crippen LogP contribution in [0.5, 0.6) is 0 Å². The number of rotatable bonds is 7. The van der Waals surface area contributed by atoms with Gasteiger partial charge in [-0.25, -0.2) is 0 Å². The maximum atomic E-state index is 12.9. The largest absolute Gasteiger partial charge is 0.416 e. The van der Waals surface area contributed by atoms with Crippen molar-refractivity contribution in [3.8, 4) is 0 Å². The molecule has 0 radical (unpaired) electrons. The molecular formula is C28H32F3N5O4. The first-order valence-electron chi connectivity index (χ1n) is 13.1. The number of carbonyl (C=O) groups is 4. The lowest BCUT2D eigenvalue weighted by Crippen LogP contribution is -2.52. The summed E-state index contributed by atoms with van der Waals surface area (Å²) in [6.07, 6.45) is -3.95. The molecule has 2 aromatic rings. The molecule has 2 fully saturated rings.